The van der Waals surface area contributed by atoms with E-state index in [2.05, 4.69) is 20.4 Å². The molecule has 0 spiro atoms. The molecule has 1 aromatic heterocycles. The highest BCUT2D eigenvalue weighted by molar-refractivity contribution is 6.04. The number of nitrogens with one attached hydrogen (secondary N) is 2. The van der Waals surface area contributed by atoms with Crippen molar-refractivity contribution in [1.29, 1.82) is 0 Å². The molecule has 0 atom stereocenters. The lowest BCUT2D eigenvalue weighted by Gasteiger charge is -2.09. The van der Waals surface area contributed by atoms with Crippen LogP contribution in [0.15, 0.2) is 67.0 Å². The molecule has 0 saturated heterocycles. The van der Waals surface area contributed by atoms with Gasteiger partial charge in [0.15, 0.2) is 0 Å². The summed E-state index contributed by atoms with van der Waals surface area (Å²) < 4.78 is 17.6. The minimum atomic E-state index is -0.443. The Morgan fingerprint density at radius 3 is 2.36 bits per heavy atom. The summed E-state index contributed by atoms with van der Waals surface area (Å²) in [5.74, 6) is -1.06. The van der Waals surface area contributed by atoms with Gasteiger partial charge >= 0.3 is 5.97 Å². The van der Waals surface area contributed by atoms with Crippen molar-refractivity contribution in [3.63, 3.8) is 0 Å². The van der Waals surface area contributed by atoms with Gasteiger partial charge < -0.3 is 15.4 Å². The SMILES string of the molecule is COC(=O)c1ccc(NC(=O)c2cncc(NCc3ccc(F)cc3)c2)cc1. The third kappa shape index (κ3) is 4.91. The van der Waals surface area contributed by atoms with Crippen molar-refractivity contribution < 1.29 is 18.7 Å². The standard InChI is InChI=1S/C21H18FN3O3/c1-28-21(27)15-4-8-18(9-5-15)25-20(26)16-10-19(13-23-12-16)24-11-14-2-6-17(22)7-3-14/h2-10,12-13,24H,11H2,1H3,(H,25,26). The van der Waals surface area contributed by atoms with Crippen molar-refractivity contribution in [1.82, 2.24) is 4.98 Å². The summed E-state index contributed by atoms with van der Waals surface area (Å²) in [5.41, 5.74) is 2.89. The molecule has 142 valence electrons. The van der Waals surface area contributed by atoms with E-state index in [-0.39, 0.29) is 11.7 Å². The molecular weight excluding hydrogens is 361 g/mol. The number of amides is 1. The minimum absolute atomic E-state index is 0.288. The van der Waals surface area contributed by atoms with Crippen molar-refractivity contribution >= 4 is 23.3 Å². The van der Waals surface area contributed by atoms with E-state index in [0.717, 1.165) is 5.56 Å². The molecule has 0 aliphatic heterocycles. The van der Waals surface area contributed by atoms with Crippen molar-refractivity contribution in [2.75, 3.05) is 17.7 Å². The van der Waals surface area contributed by atoms with Crippen molar-refractivity contribution in [2.45, 2.75) is 6.54 Å². The number of benzene rings is 2. The minimum Gasteiger partial charge on any atom is -0.465 e. The molecule has 7 heteroatoms. The highest BCUT2D eigenvalue weighted by Gasteiger charge is 2.09. The molecule has 0 aliphatic carbocycles. The van der Waals surface area contributed by atoms with E-state index >= 15 is 0 Å². The van der Waals surface area contributed by atoms with E-state index in [4.69, 9.17) is 0 Å². The topological polar surface area (TPSA) is 80.3 Å². The number of hydrogen-bond donors (Lipinski definition) is 2. The lowest BCUT2D eigenvalue weighted by molar-refractivity contribution is 0.0600. The fraction of sp³-hybridized carbons (Fsp3) is 0.0952. The lowest BCUT2D eigenvalue weighted by Crippen LogP contribution is -2.13. The molecule has 0 aliphatic rings. The second-order valence-corrected chi connectivity index (χ2v) is 5.97. The monoisotopic (exact) mass is 379 g/mol. The van der Waals surface area contributed by atoms with Gasteiger partial charge in [0.25, 0.3) is 5.91 Å². The summed E-state index contributed by atoms with van der Waals surface area (Å²) in [6, 6.07) is 14.2. The third-order valence-electron chi connectivity index (χ3n) is 3.97. The zero-order chi connectivity index (χ0) is 19.9. The van der Waals surface area contributed by atoms with Crippen molar-refractivity contribution in [3.05, 3.63) is 89.5 Å². The van der Waals surface area contributed by atoms with E-state index in [0.29, 0.717) is 29.0 Å². The molecule has 1 amide bonds. The molecule has 2 N–H and O–H groups in total. The fourth-order valence-corrected chi connectivity index (χ4v) is 2.48. The van der Waals surface area contributed by atoms with Gasteiger partial charge in [0.05, 0.1) is 23.9 Å². The number of esters is 1. The maximum atomic E-state index is 13.0. The summed E-state index contributed by atoms with van der Waals surface area (Å²) in [4.78, 5) is 28.0. The maximum absolute atomic E-state index is 13.0. The van der Waals surface area contributed by atoms with Gasteiger partial charge in [-0.05, 0) is 48.0 Å². The second kappa shape index (κ2) is 8.77. The fourth-order valence-electron chi connectivity index (χ4n) is 2.48. The summed E-state index contributed by atoms with van der Waals surface area (Å²) in [6.45, 7) is 0.474. The Balaban J connectivity index is 1.63. The van der Waals surface area contributed by atoms with Crippen LogP contribution in [0.1, 0.15) is 26.3 Å². The molecule has 0 saturated carbocycles. The smallest absolute Gasteiger partial charge is 0.337 e. The van der Waals surface area contributed by atoms with Crippen LogP contribution in [-0.4, -0.2) is 24.0 Å². The summed E-state index contributed by atoms with van der Waals surface area (Å²) in [5, 5.41) is 5.90. The Kier molecular flexibility index (Phi) is 5.96. The zero-order valence-electron chi connectivity index (χ0n) is 15.1. The molecule has 2 aromatic carbocycles. The number of carbonyl (C=O) groups excluding carboxylic acids is 2. The Labute approximate surface area is 161 Å². The molecule has 1 heterocycles. The van der Waals surface area contributed by atoms with Crippen LogP contribution in [0, 0.1) is 5.82 Å². The highest BCUT2D eigenvalue weighted by atomic mass is 19.1. The van der Waals surface area contributed by atoms with E-state index < -0.39 is 5.97 Å². The Bertz CT molecular complexity index is 973. The van der Waals surface area contributed by atoms with E-state index in [1.165, 1.54) is 25.4 Å². The number of hydrogen-bond acceptors (Lipinski definition) is 5. The van der Waals surface area contributed by atoms with Crippen LogP contribution in [0.3, 0.4) is 0 Å². The van der Waals surface area contributed by atoms with Crippen LogP contribution in [0.5, 0.6) is 0 Å². The number of methoxy groups -OCH3 is 1. The largest absolute Gasteiger partial charge is 0.465 e. The average Bonchev–Trinajstić information content (AvgIpc) is 2.73. The average molecular weight is 379 g/mol. The first-order valence-corrected chi connectivity index (χ1v) is 8.48. The van der Waals surface area contributed by atoms with Crippen LogP contribution >= 0.6 is 0 Å². The predicted octanol–water partition coefficient (Wildman–Crippen LogP) is 3.87. The molecule has 0 unspecified atom stereocenters. The Morgan fingerprint density at radius 1 is 0.964 bits per heavy atom. The number of halogens is 1. The number of rotatable bonds is 6. The predicted molar refractivity (Wildman–Crippen MR) is 104 cm³/mol. The summed E-state index contributed by atoms with van der Waals surface area (Å²) in [6.07, 6.45) is 3.06. The van der Waals surface area contributed by atoms with Gasteiger partial charge in [-0.3, -0.25) is 9.78 Å². The molecule has 3 rings (SSSR count). The van der Waals surface area contributed by atoms with Gasteiger partial charge in [0, 0.05) is 24.6 Å². The van der Waals surface area contributed by atoms with Gasteiger partial charge in [0.1, 0.15) is 5.82 Å². The van der Waals surface area contributed by atoms with Crippen molar-refractivity contribution in [2.24, 2.45) is 0 Å². The first-order chi connectivity index (χ1) is 13.5. The number of aromatic nitrogens is 1. The lowest BCUT2D eigenvalue weighted by atomic mass is 10.2. The van der Waals surface area contributed by atoms with Gasteiger partial charge in [0.2, 0.25) is 0 Å². The number of pyridine rings is 1. The van der Waals surface area contributed by atoms with Crippen LogP contribution < -0.4 is 10.6 Å². The second-order valence-electron chi connectivity index (χ2n) is 5.97. The van der Waals surface area contributed by atoms with Crippen molar-refractivity contribution in [3.8, 4) is 0 Å². The summed E-state index contributed by atoms with van der Waals surface area (Å²) in [7, 11) is 1.31. The number of ether oxygens (including phenoxy) is 1. The first kappa shape index (κ1) is 19.0. The van der Waals surface area contributed by atoms with E-state index in [9.17, 15) is 14.0 Å². The Morgan fingerprint density at radius 2 is 1.68 bits per heavy atom. The van der Waals surface area contributed by atoms with E-state index in [1.54, 1.807) is 48.7 Å². The third-order valence-corrected chi connectivity index (χ3v) is 3.97. The normalized spacial score (nSPS) is 10.2. The van der Waals surface area contributed by atoms with Crippen LogP contribution in [-0.2, 0) is 11.3 Å². The molecule has 6 nitrogen and oxygen atoms in total. The molecule has 0 bridgehead atoms. The number of nitrogens with zero attached hydrogens (tertiary/aromatic N) is 1. The molecule has 0 fully saturated rings. The highest BCUT2D eigenvalue weighted by Crippen LogP contribution is 2.15. The summed E-state index contributed by atoms with van der Waals surface area (Å²) >= 11 is 0. The molecular formula is C21H18FN3O3. The zero-order valence-corrected chi connectivity index (χ0v) is 15.1. The maximum Gasteiger partial charge on any atom is 0.337 e. The van der Waals surface area contributed by atoms with Gasteiger partial charge in [-0.15, -0.1) is 0 Å². The van der Waals surface area contributed by atoms with Crippen LogP contribution in [0.2, 0.25) is 0 Å². The van der Waals surface area contributed by atoms with E-state index in [1.807, 2.05) is 0 Å². The first-order valence-electron chi connectivity index (χ1n) is 8.48. The number of anilines is 2. The van der Waals surface area contributed by atoms with Crippen LogP contribution in [0.4, 0.5) is 15.8 Å². The van der Waals surface area contributed by atoms with Gasteiger partial charge in [-0.1, -0.05) is 12.1 Å². The number of carbonyl (C=O) groups is 2. The Hall–Kier alpha value is -3.74. The quantitative estimate of drug-likeness (QED) is 0.636. The molecule has 0 radical (unpaired) electrons. The molecule has 28 heavy (non-hydrogen) atoms. The van der Waals surface area contributed by atoms with Gasteiger partial charge in [-0.25, -0.2) is 9.18 Å². The molecule has 3 aromatic rings. The van der Waals surface area contributed by atoms with Gasteiger partial charge in [-0.2, -0.15) is 0 Å². The van der Waals surface area contributed by atoms with Crippen LogP contribution in [0.25, 0.3) is 0 Å².